The lowest BCUT2D eigenvalue weighted by molar-refractivity contribution is -0.104. The Morgan fingerprint density at radius 3 is 2.43 bits per heavy atom. The average Bonchev–Trinajstić information content (AvgIpc) is 1.68. The zero-order valence-electron chi connectivity index (χ0n) is 3.53. The molecule has 0 saturated heterocycles. The Hall–Kier alpha value is -0.0100. The molecule has 0 atom stereocenters. The molecule has 0 aromatic carbocycles. The Kier molecular flexibility index (Phi) is 4.15. The average molecular weight is 139 g/mol. The van der Waals surface area contributed by atoms with Crippen molar-refractivity contribution in [1.29, 1.82) is 0 Å². The fourth-order valence-electron chi connectivity index (χ4n) is 0.118. The fourth-order valence-corrected chi connectivity index (χ4v) is 0.259. The predicted octanol–water partition coefficient (Wildman–Crippen LogP) is 1.55. The summed E-state index contributed by atoms with van der Waals surface area (Å²) in [4.78, 5) is 9.55. The first kappa shape index (κ1) is 6.99. The molecule has 0 saturated carbocycles. The lowest BCUT2D eigenvalue weighted by atomic mass is 10.6. The molecule has 0 rings (SSSR count). The summed E-state index contributed by atoms with van der Waals surface area (Å²) in [6.45, 7) is 0. The van der Waals surface area contributed by atoms with Gasteiger partial charge in [-0.25, -0.2) is 0 Å². The number of allylic oxidation sites excluding steroid dienone is 2. The van der Waals surface area contributed by atoms with E-state index in [0.717, 1.165) is 0 Å². The van der Waals surface area contributed by atoms with Crippen LogP contribution in [0.3, 0.4) is 0 Å². The van der Waals surface area contributed by atoms with Crippen molar-refractivity contribution < 1.29 is 4.79 Å². The van der Waals surface area contributed by atoms with E-state index in [4.69, 9.17) is 23.2 Å². The van der Waals surface area contributed by atoms with Gasteiger partial charge in [0.2, 0.25) is 0 Å². The molecule has 0 unspecified atom stereocenters. The Bertz CT molecular complexity index is 87.7. The Morgan fingerprint density at radius 2 is 2.29 bits per heavy atom. The van der Waals surface area contributed by atoms with E-state index >= 15 is 0 Å². The van der Waals surface area contributed by atoms with Crippen LogP contribution in [0.5, 0.6) is 0 Å². The van der Waals surface area contributed by atoms with E-state index in [0.29, 0.717) is 11.3 Å². The Morgan fingerprint density at radius 1 is 1.71 bits per heavy atom. The van der Waals surface area contributed by atoms with Crippen LogP contribution in [-0.4, -0.2) is 12.2 Å². The van der Waals surface area contributed by atoms with Crippen molar-refractivity contribution in [2.45, 2.75) is 0 Å². The highest BCUT2D eigenvalue weighted by Crippen LogP contribution is 2.00. The summed E-state index contributed by atoms with van der Waals surface area (Å²) in [7, 11) is 0. The van der Waals surface area contributed by atoms with Gasteiger partial charge in [-0.05, 0) is 6.08 Å². The molecular formula is C4H4Cl2O. The van der Waals surface area contributed by atoms with Crippen molar-refractivity contribution in [1.82, 2.24) is 0 Å². The van der Waals surface area contributed by atoms with Crippen LogP contribution in [-0.2, 0) is 4.79 Å². The van der Waals surface area contributed by atoms with Crippen LogP contribution in [0.2, 0.25) is 0 Å². The topological polar surface area (TPSA) is 17.1 Å². The van der Waals surface area contributed by atoms with Crippen LogP contribution in [0.1, 0.15) is 0 Å². The number of hydrogen-bond acceptors (Lipinski definition) is 1. The lowest BCUT2D eigenvalue weighted by Gasteiger charge is -1.79. The van der Waals surface area contributed by atoms with E-state index in [1.807, 2.05) is 0 Å². The van der Waals surface area contributed by atoms with Crippen LogP contribution < -0.4 is 0 Å². The maximum atomic E-state index is 9.55. The summed E-state index contributed by atoms with van der Waals surface area (Å²) in [5.41, 5.74) is 0. The molecule has 0 aliphatic carbocycles. The first-order valence-corrected chi connectivity index (χ1v) is 2.58. The summed E-state index contributed by atoms with van der Waals surface area (Å²) < 4.78 is 0. The van der Waals surface area contributed by atoms with Crippen molar-refractivity contribution in [3.8, 4) is 0 Å². The maximum absolute atomic E-state index is 9.55. The van der Waals surface area contributed by atoms with E-state index in [-0.39, 0.29) is 5.88 Å². The predicted molar refractivity (Wildman–Crippen MR) is 30.7 cm³/mol. The van der Waals surface area contributed by atoms with E-state index in [2.05, 4.69) is 0 Å². The summed E-state index contributed by atoms with van der Waals surface area (Å²) in [6.07, 6.45) is 1.82. The van der Waals surface area contributed by atoms with Crippen molar-refractivity contribution in [3.05, 3.63) is 11.1 Å². The van der Waals surface area contributed by atoms with Gasteiger partial charge >= 0.3 is 0 Å². The van der Waals surface area contributed by atoms with Gasteiger partial charge in [-0.15, -0.1) is 11.6 Å². The van der Waals surface area contributed by atoms with E-state index in [1.165, 1.54) is 6.08 Å². The van der Waals surface area contributed by atoms with Crippen LogP contribution in [0.4, 0.5) is 0 Å². The Balaban J connectivity index is 3.49. The standard InChI is InChI=1S/C4H4Cl2O/c5-3-4(6)1-2-7/h1-2H,3H2. The van der Waals surface area contributed by atoms with Crippen molar-refractivity contribution in [2.24, 2.45) is 0 Å². The van der Waals surface area contributed by atoms with Crippen molar-refractivity contribution >= 4 is 29.5 Å². The van der Waals surface area contributed by atoms with Gasteiger partial charge in [0.05, 0.1) is 5.88 Å². The van der Waals surface area contributed by atoms with E-state index in [9.17, 15) is 4.79 Å². The molecule has 0 aliphatic rings. The third kappa shape index (κ3) is 3.83. The Labute approximate surface area is 51.9 Å². The number of hydrogen-bond donors (Lipinski definition) is 0. The lowest BCUT2D eigenvalue weighted by Crippen LogP contribution is -1.71. The van der Waals surface area contributed by atoms with Gasteiger partial charge in [-0.3, -0.25) is 4.79 Å². The minimum atomic E-state index is 0.209. The van der Waals surface area contributed by atoms with Gasteiger partial charge in [0, 0.05) is 5.03 Å². The highest BCUT2D eigenvalue weighted by molar-refractivity contribution is 6.36. The molecule has 1 nitrogen and oxygen atoms in total. The smallest absolute Gasteiger partial charge is 0.144 e. The molecule has 0 aromatic heterocycles. The molecular weight excluding hydrogens is 135 g/mol. The maximum Gasteiger partial charge on any atom is 0.144 e. The monoisotopic (exact) mass is 138 g/mol. The van der Waals surface area contributed by atoms with Crippen LogP contribution in [0.25, 0.3) is 0 Å². The molecule has 40 valence electrons. The molecule has 0 amide bonds. The van der Waals surface area contributed by atoms with Gasteiger partial charge in [0.1, 0.15) is 6.29 Å². The quantitative estimate of drug-likeness (QED) is 0.322. The van der Waals surface area contributed by atoms with Crippen LogP contribution in [0, 0.1) is 0 Å². The molecule has 0 aromatic rings. The second-order valence-corrected chi connectivity index (χ2v) is 1.64. The summed E-state index contributed by atoms with van der Waals surface area (Å²) >= 11 is 10.4. The molecule has 0 aliphatic heterocycles. The number of alkyl halides is 1. The third-order valence-electron chi connectivity index (χ3n) is 0.377. The van der Waals surface area contributed by atoms with E-state index in [1.54, 1.807) is 0 Å². The zero-order chi connectivity index (χ0) is 5.70. The van der Waals surface area contributed by atoms with Crippen LogP contribution in [0.15, 0.2) is 11.1 Å². The molecule has 3 heteroatoms. The molecule has 0 spiro atoms. The van der Waals surface area contributed by atoms with Crippen molar-refractivity contribution in [3.63, 3.8) is 0 Å². The summed E-state index contributed by atoms with van der Waals surface area (Å²) in [6, 6.07) is 0. The van der Waals surface area contributed by atoms with E-state index < -0.39 is 0 Å². The number of aldehydes is 1. The van der Waals surface area contributed by atoms with Crippen molar-refractivity contribution in [2.75, 3.05) is 5.88 Å². The second-order valence-electron chi connectivity index (χ2n) is 0.883. The number of halogens is 2. The van der Waals surface area contributed by atoms with Crippen LogP contribution >= 0.6 is 23.2 Å². The minimum Gasteiger partial charge on any atom is -0.299 e. The first-order chi connectivity index (χ1) is 3.31. The number of carbonyl (C=O) groups is 1. The summed E-state index contributed by atoms with van der Waals surface area (Å²) in [5.74, 6) is 0.209. The number of rotatable bonds is 2. The second kappa shape index (κ2) is 4.16. The molecule has 0 heterocycles. The molecule has 0 radical (unpaired) electrons. The zero-order valence-corrected chi connectivity index (χ0v) is 5.04. The number of carbonyl (C=O) groups excluding carboxylic acids is 1. The van der Waals surface area contributed by atoms with Gasteiger partial charge in [0.15, 0.2) is 0 Å². The normalized spacial score (nSPS) is 11.4. The molecule has 0 fully saturated rings. The summed E-state index contributed by atoms with van der Waals surface area (Å²) in [5, 5.41) is 0.372. The van der Waals surface area contributed by atoms with Gasteiger partial charge in [-0.1, -0.05) is 11.6 Å². The first-order valence-electron chi connectivity index (χ1n) is 1.67. The highest BCUT2D eigenvalue weighted by Gasteiger charge is 1.82. The minimum absolute atomic E-state index is 0.209. The molecule has 0 N–H and O–H groups in total. The molecule has 0 bridgehead atoms. The fraction of sp³-hybridized carbons (Fsp3) is 0.250. The SMILES string of the molecule is O=CC=C(Cl)CCl. The van der Waals surface area contributed by atoms with Gasteiger partial charge in [0.25, 0.3) is 0 Å². The van der Waals surface area contributed by atoms with Gasteiger partial charge in [-0.2, -0.15) is 0 Å². The largest absolute Gasteiger partial charge is 0.299 e. The van der Waals surface area contributed by atoms with Gasteiger partial charge < -0.3 is 0 Å². The highest BCUT2D eigenvalue weighted by atomic mass is 35.5. The third-order valence-corrected chi connectivity index (χ3v) is 1.06. The molecule has 7 heavy (non-hydrogen) atoms.